The molecule has 0 aliphatic heterocycles. The quantitative estimate of drug-likeness (QED) is 0.686. The summed E-state index contributed by atoms with van der Waals surface area (Å²) in [5.41, 5.74) is 1.22. The number of aliphatic hydroxyl groups excluding tert-OH is 1. The van der Waals surface area contributed by atoms with Crippen molar-refractivity contribution < 1.29 is 5.11 Å². The van der Waals surface area contributed by atoms with E-state index in [2.05, 4.69) is 11.1 Å². The SMILES string of the molecule is OC1=CCC(c2cccnc2)C1. The van der Waals surface area contributed by atoms with Crippen LogP contribution in [0, 0.1) is 0 Å². The van der Waals surface area contributed by atoms with E-state index in [1.165, 1.54) is 5.56 Å². The Morgan fingerprint density at radius 1 is 1.50 bits per heavy atom. The molecule has 1 N–H and O–H groups in total. The van der Waals surface area contributed by atoms with Crippen LogP contribution in [0.4, 0.5) is 0 Å². The molecule has 1 heterocycles. The summed E-state index contributed by atoms with van der Waals surface area (Å²) in [5.74, 6) is 0.961. The molecule has 0 amide bonds. The summed E-state index contributed by atoms with van der Waals surface area (Å²) in [5, 5.41) is 9.20. The topological polar surface area (TPSA) is 33.1 Å². The maximum absolute atomic E-state index is 9.20. The fraction of sp³-hybridized carbons (Fsp3) is 0.300. The molecule has 1 aromatic heterocycles. The van der Waals surface area contributed by atoms with Crippen molar-refractivity contribution in [1.29, 1.82) is 0 Å². The molecule has 1 unspecified atom stereocenters. The lowest BCUT2D eigenvalue weighted by Crippen LogP contribution is -1.93. The second kappa shape index (κ2) is 2.97. The zero-order valence-electron chi connectivity index (χ0n) is 6.77. The van der Waals surface area contributed by atoms with Crippen LogP contribution in [0.3, 0.4) is 0 Å². The third-order valence-corrected chi connectivity index (χ3v) is 2.25. The molecule has 0 spiro atoms. The fourth-order valence-electron chi connectivity index (χ4n) is 1.57. The van der Waals surface area contributed by atoms with Gasteiger partial charge in [0.05, 0.1) is 5.76 Å². The highest BCUT2D eigenvalue weighted by atomic mass is 16.3. The monoisotopic (exact) mass is 161 g/mol. The van der Waals surface area contributed by atoms with Gasteiger partial charge in [-0.25, -0.2) is 0 Å². The Morgan fingerprint density at radius 2 is 2.42 bits per heavy atom. The predicted molar refractivity (Wildman–Crippen MR) is 46.9 cm³/mol. The normalized spacial score (nSPS) is 22.3. The van der Waals surface area contributed by atoms with Crippen LogP contribution < -0.4 is 0 Å². The number of aliphatic hydroxyl groups is 1. The van der Waals surface area contributed by atoms with Crippen LogP contribution in [0.15, 0.2) is 36.4 Å². The van der Waals surface area contributed by atoms with E-state index in [0.717, 1.165) is 12.8 Å². The largest absolute Gasteiger partial charge is 0.513 e. The van der Waals surface area contributed by atoms with E-state index >= 15 is 0 Å². The number of hydrogen-bond donors (Lipinski definition) is 1. The molecule has 0 saturated carbocycles. The standard InChI is InChI=1S/C10H11NO/c12-10-4-3-8(6-10)9-2-1-5-11-7-9/h1-2,4-5,7-8,12H,3,6H2. The van der Waals surface area contributed by atoms with E-state index in [4.69, 9.17) is 0 Å². The van der Waals surface area contributed by atoms with Crippen LogP contribution >= 0.6 is 0 Å². The number of nitrogens with zero attached hydrogens (tertiary/aromatic N) is 1. The van der Waals surface area contributed by atoms with Crippen molar-refractivity contribution in [2.45, 2.75) is 18.8 Å². The first-order chi connectivity index (χ1) is 5.86. The summed E-state index contributed by atoms with van der Waals surface area (Å²) >= 11 is 0. The van der Waals surface area contributed by atoms with Gasteiger partial charge < -0.3 is 5.11 Å². The lowest BCUT2D eigenvalue weighted by atomic mass is 9.99. The van der Waals surface area contributed by atoms with Gasteiger partial charge >= 0.3 is 0 Å². The summed E-state index contributed by atoms with van der Waals surface area (Å²) in [7, 11) is 0. The van der Waals surface area contributed by atoms with E-state index in [-0.39, 0.29) is 0 Å². The molecule has 0 bridgehead atoms. The first kappa shape index (κ1) is 7.35. The Morgan fingerprint density at radius 3 is 3.00 bits per heavy atom. The third-order valence-electron chi connectivity index (χ3n) is 2.25. The van der Waals surface area contributed by atoms with Crippen molar-refractivity contribution in [2.75, 3.05) is 0 Å². The predicted octanol–water partition coefficient (Wildman–Crippen LogP) is 2.40. The maximum Gasteiger partial charge on any atom is 0.0889 e. The highest BCUT2D eigenvalue weighted by Crippen LogP contribution is 2.31. The van der Waals surface area contributed by atoms with Gasteiger partial charge in [-0.15, -0.1) is 0 Å². The minimum Gasteiger partial charge on any atom is -0.513 e. The molecule has 0 radical (unpaired) electrons. The molecule has 2 nitrogen and oxygen atoms in total. The van der Waals surface area contributed by atoms with E-state index in [1.54, 1.807) is 6.20 Å². The minimum atomic E-state index is 0.443. The second-order valence-electron chi connectivity index (χ2n) is 3.12. The van der Waals surface area contributed by atoms with Gasteiger partial charge in [0.2, 0.25) is 0 Å². The first-order valence-corrected chi connectivity index (χ1v) is 4.14. The van der Waals surface area contributed by atoms with Gasteiger partial charge in [-0.3, -0.25) is 4.98 Å². The zero-order chi connectivity index (χ0) is 8.39. The van der Waals surface area contributed by atoms with Gasteiger partial charge in [0, 0.05) is 18.8 Å². The van der Waals surface area contributed by atoms with Gasteiger partial charge in [0.25, 0.3) is 0 Å². The highest BCUT2D eigenvalue weighted by molar-refractivity contribution is 5.21. The number of pyridine rings is 1. The van der Waals surface area contributed by atoms with Crippen LogP contribution in [-0.4, -0.2) is 10.1 Å². The van der Waals surface area contributed by atoms with Crippen LogP contribution in [0.2, 0.25) is 0 Å². The van der Waals surface area contributed by atoms with Crippen LogP contribution in [0.1, 0.15) is 24.3 Å². The molecule has 62 valence electrons. The van der Waals surface area contributed by atoms with E-state index in [1.807, 2.05) is 18.3 Å². The summed E-state index contributed by atoms with van der Waals surface area (Å²) in [6.07, 6.45) is 7.24. The molecule has 1 atom stereocenters. The van der Waals surface area contributed by atoms with E-state index in [0.29, 0.717) is 11.7 Å². The Hall–Kier alpha value is -1.31. The number of allylic oxidation sites excluding steroid dienone is 2. The second-order valence-corrected chi connectivity index (χ2v) is 3.12. The van der Waals surface area contributed by atoms with Crippen molar-refractivity contribution in [3.63, 3.8) is 0 Å². The van der Waals surface area contributed by atoms with E-state index < -0.39 is 0 Å². The lowest BCUT2D eigenvalue weighted by molar-refractivity contribution is 0.391. The molecular weight excluding hydrogens is 150 g/mol. The average molecular weight is 161 g/mol. The van der Waals surface area contributed by atoms with Crippen molar-refractivity contribution >= 4 is 0 Å². The zero-order valence-corrected chi connectivity index (χ0v) is 6.77. The molecule has 1 aliphatic rings. The van der Waals surface area contributed by atoms with Crippen molar-refractivity contribution in [3.05, 3.63) is 41.9 Å². The van der Waals surface area contributed by atoms with Crippen molar-refractivity contribution in [3.8, 4) is 0 Å². The molecule has 2 heteroatoms. The summed E-state index contributed by atoms with van der Waals surface area (Å²) in [6, 6.07) is 3.99. The lowest BCUT2D eigenvalue weighted by Gasteiger charge is -2.07. The first-order valence-electron chi connectivity index (χ1n) is 4.14. The fourth-order valence-corrected chi connectivity index (χ4v) is 1.57. The third kappa shape index (κ3) is 1.33. The number of rotatable bonds is 1. The maximum atomic E-state index is 9.20. The highest BCUT2D eigenvalue weighted by Gasteiger charge is 2.17. The van der Waals surface area contributed by atoms with Crippen molar-refractivity contribution in [2.24, 2.45) is 0 Å². The van der Waals surface area contributed by atoms with Gasteiger partial charge in [-0.2, -0.15) is 0 Å². The molecule has 1 aromatic rings. The summed E-state index contributed by atoms with van der Waals surface area (Å²) < 4.78 is 0. The molecule has 1 aliphatic carbocycles. The van der Waals surface area contributed by atoms with Gasteiger partial charge in [-0.05, 0) is 30.0 Å². The smallest absolute Gasteiger partial charge is 0.0889 e. The Labute approximate surface area is 71.6 Å². The van der Waals surface area contributed by atoms with Crippen LogP contribution in [0.25, 0.3) is 0 Å². The summed E-state index contributed by atoms with van der Waals surface area (Å²) in [4.78, 5) is 4.05. The Kier molecular flexibility index (Phi) is 1.82. The average Bonchev–Trinajstić information content (AvgIpc) is 2.54. The van der Waals surface area contributed by atoms with Gasteiger partial charge in [0.1, 0.15) is 0 Å². The minimum absolute atomic E-state index is 0.443. The van der Waals surface area contributed by atoms with Crippen molar-refractivity contribution in [1.82, 2.24) is 4.98 Å². The van der Waals surface area contributed by atoms with Gasteiger partial charge in [-0.1, -0.05) is 6.07 Å². The molecule has 2 rings (SSSR count). The molecule has 0 saturated heterocycles. The van der Waals surface area contributed by atoms with Crippen LogP contribution in [-0.2, 0) is 0 Å². The van der Waals surface area contributed by atoms with Crippen LogP contribution in [0.5, 0.6) is 0 Å². The van der Waals surface area contributed by atoms with Gasteiger partial charge in [0.15, 0.2) is 0 Å². The molecule has 0 aromatic carbocycles. The Bertz CT molecular complexity index is 292. The Balaban J connectivity index is 2.14. The molecule has 0 fully saturated rings. The molecular formula is C10H11NO. The summed E-state index contributed by atoms with van der Waals surface area (Å²) in [6.45, 7) is 0. The number of hydrogen-bond acceptors (Lipinski definition) is 2. The number of aromatic nitrogens is 1. The van der Waals surface area contributed by atoms with E-state index in [9.17, 15) is 5.11 Å². The molecule has 12 heavy (non-hydrogen) atoms.